The molecule has 3 amide bonds. The fourth-order valence-electron chi connectivity index (χ4n) is 7.72. The molecule has 1 heterocycles. The number of rotatable bonds is 14. The third kappa shape index (κ3) is 9.95. The van der Waals surface area contributed by atoms with Gasteiger partial charge < -0.3 is 15.1 Å². The van der Waals surface area contributed by atoms with Crippen LogP contribution in [0.25, 0.3) is 0 Å². The lowest BCUT2D eigenvalue weighted by Crippen LogP contribution is -2.48. The van der Waals surface area contributed by atoms with Crippen LogP contribution < -0.4 is 15.1 Å². The number of hydrogen-bond acceptors (Lipinski definition) is 4. The van der Waals surface area contributed by atoms with Gasteiger partial charge in [0.1, 0.15) is 6.04 Å². The topological polar surface area (TPSA) is 73.0 Å². The summed E-state index contributed by atoms with van der Waals surface area (Å²) in [6, 6.07) is 39.0. The summed E-state index contributed by atoms with van der Waals surface area (Å²) in [5.74, 6) is -0.288. The van der Waals surface area contributed by atoms with Gasteiger partial charge in [0, 0.05) is 55.9 Å². The molecule has 51 heavy (non-hydrogen) atoms. The van der Waals surface area contributed by atoms with Crippen molar-refractivity contribution < 1.29 is 14.4 Å². The maximum atomic E-state index is 14.3. The van der Waals surface area contributed by atoms with E-state index in [1.807, 2.05) is 95.9 Å². The van der Waals surface area contributed by atoms with Crippen LogP contribution in [-0.4, -0.2) is 54.3 Å². The van der Waals surface area contributed by atoms with Crippen molar-refractivity contribution in [1.82, 2.24) is 10.2 Å². The predicted molar refractivity (Wildman–Crippen MR) is 206 cm³/mol. The Balaban J connectivity index is 1.13. The highest BCUT2D eigenvalue weighted by Gasteiger charge is 2.34. The van der Waals surface area contributed by atoms with E-state index in [-0.39, 0.29) is 42.6 Å². The highest BCUT2D eigenvalue weighted by Crippen LogP contribution is 2.31. The lowest BCUT2D eigenvalue weighted by atomic mass is 9.94. The van der Waals surface area contributed by atoms with Crippen LogP contribution in [0.3, 0.4) is 0 Å². The smallest absolute Gasteiger partial charge is 0.248 e. The van der Waals surface area contributed by atoms with Crippen molar-refractivity contribution in [3.8, 4) is 0 Å². The van der Waals surface area contributed by atoms with Gasteiger partial charge in [-0.3, -0.25) is 19.3 Å². The third-order valence-corrected chi connectivity index (χ3v) is 10.4. The number of benzene rings is 4. The minimum absolute atomic E-state index is 0.0395. The molecule has 2 aliphatic rings. The molecule has 1 N–H and O–H groups in total. The molecule has 1 aliphatic heterocycles. The van der Waals surface area contributed by atoms with Gasteiger partial charge in [0.2, 0.25) is 17.7 Å². The first-order valence-corrected chi connectivity index (χ1v) is 18.9. The van der Waals surface area contributed by atoms with Gasteiger partial charge in [0.25, 0.3) is 0 Å². The van der Waals surface area contributed by atoms with Crippen molar-refractivity contribution in [2.75, 3.05) is 29.4 Å². The molecule has 7 heteroatoms. The Bertz CT molecular complexity index is 1650. The van der Waals surface area contributed by atoms with Crippen molar-refractivity contribution in [1.29, 1.82) is 0 Å². The first kappa shape index (κ1) is 36.1. The molecule has 0 spiro atoms. The molecule has 1 unspecified atom stereocenters. The number of carbonyl (C=O) groups excluding carboxylic acids is 3. The van der Waals surface area contributed by atoms with Crippen LogP contribution >= 0.6 is 0 Å². The van der Waals surface area contributed by atoms with Crippen LogP contribution in [0.2, 0.25) is 0 Å². The maximum absolute atomic E-state index is 14.3. The van der Waals surface area contributed by atoms with Gasteiger partial charge in [0.15, 0.2) is 0 Å². The second-order valence-corrected chi connectivity index (χ2v) is 14.0. The second kappa shape index (κ2) is 18.5. The number of nitrogens with zero attached hydrogens (tertiary/aromatic N) is 3. The van der Waals surface area contributed by atoms with Crippen molar-refractivity contribution in [2.45, 2.75) is 88.8 Å². The number of piperidine rings is 1. The monoisotopic (exact) mass is 684 g/mol. The maximum Gasteiger partial charge on any atom is 0.248 e. The Hall–Kier alpha value is -4.75. The Kier molecular flexibility index (Phi) is 13.1. The standard InChI is InChI=1S/C44H52N4O3/c49-41(47(38-23-12-4-13-24-38)40-30-33-46(34-31-40)32-29-35-17-6-1-7-18-35)27-16-28-42(50)48(39-25-14-5-15-26-39)43(36-19-8-2-9-20-36)44(51)45-37-21-10-3-11-22-37/h1-2,4-9,12-15,17-20,23-26,37,40,43H,3,10-11,16,21-22,27-34H2,(H,45,51). The number of para-hydroxylation sites is 2. The van der Waals surface area contributed by atoms with E-state index >= 15 is 0 Å². The molecule has 4 aromatic carbocycles. The highest BCUT2D eigenvalue weighted by molar-refractivity contribution is 6.01. The normalized spacial score (nSPS) is 16.2. The van der Waals surface area contributed by atoms with Crippen LogP contribution in [0.15, 0.2) is 121 Å². The minimum atomic E-state index is -0.813. The Morgan fingerprint density at radius 2 is 1.20 bits per heavy atom. The van der Waals surface area contributed by atoms with Crippen LogP contribution in [0.1, 0.15) is 81.4 Å². The summed E-state index contributed by atoms with van der Waals surface area (Å²) in [5, 5.41) is 3.29. The number of nitrogens with one attached hydrogen (secondary N) is 1. The summed E-state index contributed by atoms with van der Waals surface area (Å²) >= 11 is 0. The van der Waals surface area contributed by atoms with E-state index in [1.165, 1.54) is 12.0 Å². The fourth-order valence-corrected chi connectivity index (χ4v) is 7.72. The average Bonchev–Trinajstić information content (AvgIpc) is 3.18. The van der Waals surface area contributed by atoms with Gasteiger partial charge in [-0.25, -0.2) is 0 Å². The summed E-state index contributed by atoms with van der Waals surface area (Å²) in [5.41, 5.74) is 3.70. The van der Waals surface area contributed by atoms with Crippen LogP contribution in [0, 0.1) is 0 Å². The number of likely N-dealkylation sites (tertiary alicyclic amines) is 1. The summed E-state index contributed by atoms with van der Waals surface area (Å²) < 4.78 is 0. The molecule has 0 aromatic heterocycles. The SMILES string of the molecule is O=C(NC1CCCCC1)C(c1ccccc1)N(C(=O)CCCC(=O)N(c1ccccc1)C1CCN(CCc2ccccc2)CC1)c1ccccc1. The molecule has 1 saturated heterocycles. The van der Waals surface area contributed by atoms with E-state index in [4.69, 9.17) is 0 Å². The third-order valence-electron chi connectivity index (χ3n) is 10.4. The summed E-state index contributed by atoms with van der Waals surface area (Å²) in [6.45, 7) is 2.91. The van der Waals surface area contributed by atoms with Crippen LogP contribution in [-0.2, 0) is 20.8 Å². The Labute approximate surface area is 303 Å². The second-order valence-electron chi connectivity index (χ2n) is 14.0. The number of anilines is 2. The molecule has 7 nitrogen and oxygen atoms in total. The molecule has 1 atom stereocenters. The molecule has 1 aliphatic carbocycles. The molecule has 0 radical (unpaired) electrons. The molecule has 1 saturated carbocycles. The average molecular weight is 685 g/mol. The van der Waals surface area contributed by atoms with E-state index in [1.54, 1.807) is 4.90 Å². The van der Waals surface area contributed by atoms with Gasteiger partial charge in [-0.15, -0.1) is 0 Å². The molecule has 6 rings (SSSR count). The van der Waals surface area contributed by atoms with Gasteiger partial charge in [0.05, 0.1) is 0 Å². The molecule has 2 fully saturated rings. The Morgan fingerprint density at radius 1 is 0.647 bits per heavy atom. The zero-order chi connectivity index (χ0) is 35.3. The minimum Gasteiger partial charge on any atom is -0.351 e. The van der Waals surface area contributed by atoms with E-state index < -0.39 is 6.04 Å². The lowest BCUT2D eigenvalue weighted by molar-refractivity contribution is -0.127. The van der Waals surface area contributed by atoms with Gasteiger partial charge in [-0.1, -0.05) is 116 Å². The van der Waals surface area contributed by atoms with E-state index in [0.717, 1.165) is 75.8 Å². The molecule has 0 bridgehead atoms. The van der Waals surface area contributed by atoms with E-state index in [9.17, 15) is 14.4 Å². The zero-order valence-corrected chi connectivity index (χ0v) is 29.7. The lowest BCUT2D eigenvalue weighted by Gasteiger charge is -2.39. The number of carbonyl (C=O) groups is 3. The van der Waals surface area contributed by atoms with Crippen molar-refractivity contribution in [3.05, 3.63) is 132 Å². The molecular formula is C44H52N4O3. The first-order chi connectivity index (χ1) is 25.1. The number of amides is 3. The van der Waals surface area contributed by atoms with Crippen molar-refractivity contribution >= 4 is 29.1 Å². The molecule has 4 aromatic rings. The largest absolute Gasteiger partial charge is 0.351 e. The molecule has 266 valence electrons. The summed E-state index contributed by atoms with van der Waals surface area (Å²) in [4.78, 5) is 48.6. The highest BCUT2D eigenvalue weighted by atomic mass is 16.2. The van der Waals surface area contributed by atoms with Gasteiger partial charge in [-0.05, 0) is 73.9 Å². The van der Waals surface area contributed by atoms with Crippen molar-refractivity contribution in [2.24, 2.45) is 0 Å². The quantitative estimate of drug-likeness (QED) is 0.146. The zero-order valence-electron chi connectivity index (χ0n) is 29.7. The molecular weight excluding hydrogens is 633 g/mol. The van der Waals surface area contributed by atoms with E-state index in [0.29, 0.717) is 12.1 Å². The Morgan fingerprint density at radius 3 is 1.82 bits per heavy atom. The van der Waals surface area contributed by atoms with Crippen molar-refractivity contribution in [3.63, 3.8) is 0 Å². The van der Waals surface area contributed by atoms with Crippen LogP contribution in [0.5, 0.6) is 0 Å². The number of hydrogen-bond donors (Lipinski definition) is 1. The first-order valence-electron chi connectivity index (χ1n) is 18.9. The van der Waals surface area contributed by atoms with Gasteiger partial charge >= 0.3 is 0 Å². The van der Waals surface area contributed by atoms with Crippen LogP contribution in [0.4, 0.5) is 11.4 Å². The summed E-state index contributed by atoms with van der Waals surface area (Å²) in [6.07, 6.45) is 8.95. The predicted octanol–water partition coefficient (Wildman–Crippen LogP) is 8.12. The van der Waals surface area contributed by atoms with E-state index in [2.05, 4.69) is 40.5 Å². The fraction of sp³-hybridized carbons (Fsp3) is 0.386. The van der Waals surface area contributed by atoms with Gasteiger partial charge in [-0.2, -0.15) is 0 Å². The summed E-state index contributed by atoms with van der Waals surface area (Å²) in [7, 11) is 0.